The minimum atomic E-state index is -0.424. The van der Waals surface area contributed by atoms with Crippen molar-refractivity contribution in [2.75, 3.05) is 19.6 Å². The van der Waals surface area contributed by atoms with Crippen LogP contribution >= 0.6 is 0 Å². The van der Waals surface area contributed by atoms with Crippen LogP contribution in [-0.4, -0.2) is 59.5 Å². The average Bonchev–Trinajstić information content (AvgIpc) is 2.71. The van der Waals surface area contributed by atoms with Crippen molar-refractivity contribution in [2.24, 2.45) is 0 Å². The van der Waals surface area contributed by atoms with Crippen molar-refractivity contribution in [1.82, 2.24) is 20.7 Å². The number of hydrogen-bond donors (Lipinski definition) is 2. The standard InChI is InChI=1S/C13H24N4O2/c1-13(2,3)19-12(18)14-9-4-6-16(8-9)10-5-7-17-11(10)15-17/h9-11,15H,4-8H2,1-3H3,(H,14,18)/t9-,10-,11-,17?/m1/s1. The van der Waals surface area contributed by atoms with E-state index in [1.54, 1.807) is 0 Å². The number of nitrogens with zero attached hydrogens (tertiary/aromatic N) is 2. The number of ether oxygens (including phenoxy) is 1. The number of fused-ring (bicyclic) bond motifs is 1. The zero-order chi connectivity index (χ0) is 13.6. The third kappa shape index (κ3) is 3.01. The van der Waals surface area contributed by atoms with Crippen LogP contribution in [0.5, 0.6) is 0 Å². The Kier molecular flexibility index (Phi) is 3.19. The summed E-state index contributed by atoms with van der Waals surface area (Å²) in [5, 5.41) is 5.27. The number of carbonyl (C=O) groups excluding carboxylic acids is 1. The number of hydrogen-bond acceptors (Lipinski definition) is 5. The van der Waals surface area contributed by atoms with Crippen molar-refractivity contribution in [1.29, 1.82) is 0 Å². The molecule has 3 aliphatic rings. The first-order chi connectivity index (χ1) is 8.92. The van der Waals surface area contributed by atoms with Gasteiger partial charge in [0.15, 0.2) is 0 Å². The van der Waals surface area contributed by atoms with Crippen molar-refractivity contribution in [3.8, 4) is 0 Å². The van der Waals surface area contributed by atoms with Crippen LogP contribution in [0, 0.1) is 0 Å². The van der Waals surface area contributed by atoms with Crippen LogP contribution < -0.4 is 10.7 Å². The predicted molar refractivity (Wildman–Crippen MR) is 71.4 cm³/mol. The topological polar surface area (TPSA) is 66.5 Å². The van der Waals surface area contributed by atoms with E-state index < -0.39 is 5.60 Å². The Hall–Kier alpha value is -0.850. The van der Waals surface area contributed by atoms with Gasteiger partial charge in [0.05, 0.1) is 0 Å². The molecular weight excluding hydrogens is 244 g/mol. The van der Waals surface area contributed by atoms with Crippen LogP contribution in [0.2, 0.25) is 0 Å². The lowest BCUT2D eigenvalue weighted by Crippen LogP contribution is -2.43. The summed E-state index contributed by atoms with van der Waals surface area (Å²) in [6, 6.07) is 0.841. The molecule has 1 unspecified atom stereocenters. The summed E-state index contributed by atoms with van der Waals surface area (Å²) in [7, 11) is 0. The molecule has 6 nitrogen and oxygen atoms in total. The Balaban J connectivity index is 1.45. The molecule has 0 spiro atoms. The van der Waals surface area contributed by atoms with Crippen molar-refractivity contribution in [3.05, 3.63) is 0 Å². The van der Waals surface area contributed by atoms with Gasteiger partial charge in [-0.05, 0) is 33.6 Å². The van der Waals surface area contributed by atoms with Gasteiger partial charge in [-0.3, -0.25) is 4.90 Å². The third-order valence-electron chi connectivity index (χ3n) is 4.01. The molecule has 1 amide bonds. The normalized spacial score (nSPS) is 38.1. The van der Waals surface area contributed by atoms with E-state index in [0.717, 1.165) is 26.1 Å². The summed E-state index contributed by atoms with van der Waals surface area (Å²) in [5.41, 5.74) is 2.94. The largest absolute Gasteiger partial charge is 0.444 e. The van der Waals surface area contributed by atoms with E-state index in [2.05, 4.69) is 20.7 Å². The van der Waals surface area contributed by atoms with Crippen LogP contribution in [0.1, 0.15) is 33.6 Å². The van der Waals surface area contributed by atoms with Crippen molar-refractivity contribution >= 4 is 6.09 Å². The molecule has 3 saturated heterocycles. The van der Waals surface area contributed by atoms with Gasteiger partial charge < -0.3 is 10.1 Å². The van der Waals surface area contributed by atoms with Crippen LogP contribution in [0.15, 0.2) is 0 Å². The number of carbonyl (C=O) groups is 1. The summed E-state index contributed by atoms with van der Waals surface area (Å²) < 4.78 is 5.30. The molecule has 0 aromatic heterocycles. The number of likely N-dealkylation sites (tertiary alicyclic amines) is 1. The molecule has 3 rings (SSSR count). The summed E-state index contributed by atoms with van der Waals surface area (Å²) in [4.78, 5) is 14.2. The lowest BCUT2D eigenvalue weighted by Gasteiger charge is -2.24. The smallest absolute Gasteiger partial charge is 0.407 e. The number of rotatable bonds is 2. The van der Waals surface area contributed by atoms with E-state index in [-0.39, 0.29) is 12.1 Å². The highest BCUT2D eigenvalue weighted by Gasteiger charge is 2.49. The fraction of sp³-hybridized carbons (Fsp3) is 0.923. The van der Waals surface area contributed by atoms with E-state index in [1.165, 1.54) is 6.42 Å². The zero-order valence-corrected chi connectivity index (χ0v) is 12.0. The molecule has 3 fully saturated rings. The van der Waals surface area contributed by atoms with Gasteiger partial charge in [0.25, 0.3) is 0 Å². The van der Waals surface area contributed by atoms with Gasteiger partial charge in [-0.25, -0.2) is 15.2 Å². The number of alkyl carbamates (subject to hydrolysis) is 1. The maximum absolute atomic E-state index is 11.7. The molecule has 108 valence electrons. The number of hydrazine groups is 1. The number of amides is 1. The van der Waals surface area contributed by atoms with E-state index in [1.807, 2.05) is 20.8 Å². The molecule has 0 bridgehead atoms. The Morgan fingerprint density at radius 2 is 2.11 bits per heavy atom. The van der Waals surface area contributed by atoms with Crippen molar-refractivity contribution < 1.29 is 9.53 Å². The van der Waals surface area contributed by atoms with E-state index in [9.17, 15) is 4.79 Å². The predicted octanol–water partition coefficient (Wildman–Crippen LogP) is 0.504. The molecule has 3 aliphatic heterocycles. The SMILES string of the molecule is CC(C)(C)OC(=O)N[C@@H]1CCN([C@@H]2CCN3N[C@@H]23)C1. The Morgan fingerprint density at radius 1 is 1.32 bits per heavy atom. The Labute approximate surface area is 114 Å². The molecule has 0 aromatic carbocycles. The van der Waals surface area contributed by atoms with Crippen LogP contribution in [0.25, 0.3) is 0 Å². The number of nitrogens with one attached hydrogen (secondary N) is 2. The van der Waals surface area contributed by atoms with Gasteiger partial charge in [0, 0.05) is 31.7 Å². The first-order valence-electron chi connectivity index (χ1n) is 7.19. The second-order valence-corrected chi connectivity index (χ2v) is 6.75. The lowest BCUT2D eigenvalue weighted by atomic mass is 10.2. The highest BCUT2D eigenvalue weighted by molar-refractivity contribution is 5.68. The van der Waals surface area contributed by atoms with E-state index in [4.69, 9.17) is 4.74 Å². The Bertz CT molecular complexity index is 368. The maximum Gasteiger partial charge on any atom is 0.407 e. The molecule has 0 aliphatic carbocycles. The molecule has 19 heavy (non-hydrogen) atoms. The van der Waals surface area contributed by atoms with Crippen LogP contribution in [-0.2, 0) is 4.74 Å². The molecule has 0 saturated carbocycles. The van der Waals surface area contributed by atoms with Crippen LogP contribution in [0.3, 0.4) is 0 Å². The summed E-state index contributed by atoms with van der Waals surface area (Å²) >= 11 is 0. The second-order valence-electron chi connectivity index (χ2n) is 6.75. The second kappa shape index (κ2) is 4.61. The molecule has 0 radical (unpaired) electrons. The lowest BCUT2D eigenvalue weighted by molar-refractivity contribution is 0.0504. The zero-order valence-electron chi connectivity index (χ0n) is 12.0. The monoisotopic (exact) mass is 268 g/mol. The summed E-state index contributed by atoms with van der Waals surface area (Å²) in [5.74, 6) is 0. The average molecular weight is 268 g/mol. The van der Waals surface area contributed by atoms with Crippen molar-refractivity contribution in [2.45, 2.75) is 57.5 Å². The van der Waals surface area contributed by atoms with Gasteiger partial charge in [0.2, 0.25) is 0 Å². The highest BCUT2D eigenvalue weighted by Crippen LogP contribution is 2.30. The van der Waals surface area contributed by atoms with Gasteiger partial charge in [0.1, 0.15) is 11.8 Å². The molecule has 3 heterocycles. The van der Waals surface area contributed by atoms with E-state index >= 15 is 0 Å². The highest BCUT2D eigenvalue weighted by atomic mass is 16.6. The first kappa shape index (κ1) is 13.1. The van der Waals surface area contributed by atoms with Gasteiger partial charge >= 0.3 is 6.09 Å². The third-order valence-corrected chi connectivity index (χ3v) is 4.01. The first-order valence-corrected chi connectivity index (χ1v) is 7.19. The Morgan fingerprint density at radius 3 is 2.68 bits per heavy atom. The molecular formula is C13H24N4O2. The quantitative estimate of drug-likeness (QED) is 0.714. The maximum atomic E-state index is 11.7. The fourth-order valence-electron chi connectivity index (χ4n) is 3.13. The molecule has 6 heteroatoms. The molecule has 0 aromatic rings. The van der Waals surface area contributed by atoms with Gasteiger partial charge in [-0.2, -0.15) is 0 Å². The minimum absolute atomic E-state index is 0.225. The minimum Gasteiger partial charge on any atom is -0.444 e. The molecule has 4 atom stereocenters. The fourth-order valence-corrected chi connectivity index (χ4v) is 3.13. The van der Waals surface area contributed by atoms with Gasteiger partial charge in [-0.15, -0.1) is 0 Å². The van der Waals surface area contributed by atoms with Crippen molar-refractivity contribution in [3.63, 3.8) is 0 Å². The summed E-state index contributed by atoms with van der Waals surface area (Å²) in [6.07, 6.45) is 2.51. The van der Waals surface area contributed by atoms with E-state index in [0.29, 0.717) is 12.2 Å². The molecule has 2 N–H and O–H groups in total. The summed E-state index contributed by atoms with van der Waals surface area (Å²) in [6.45, 7) is 8.82. The van der Waals surface area contributed by atoms with Gasteiger partial charge in [-0.1, -0.05) is 0 Å². The van der Waals surface area contributed by atoms with Crippen LogP contribution in [0.4, 0.5) is 4.79 Å².